The van der Waals surface area contributed by atoms with Crippen LogP contribution in [0.15, 0.2) is 27.3 Å². The first-order chi connectivity index (χ1) is 8.20. The molecule has 2 rings (SSSR count). The van der Waals surface area contributed by atoms with E-state index in [-0.39, 0.29) is 0 Å². The van der Waals surface area contributed by atoms with E-state index in [4.69, 9.17) is 4.52 Å². The molecule has 90 valence electrons. The molecule has 17 heavy (non-hydrogen) atoms. The van der Waals surface area contributed by atoms with Crippen LogP contribution in [0.3, 0.4) is 0 Å². The van der Waals surface area contributed by atoms with E-state index in [1.165, 1.54) is 0 Å². The Hall–Kier alpha value is -1.27. The van der Waals surface area contributed by atoms with Crippen LogP contribution in [0.1, 0.15) is 19.2 Å². The van der Waals surface area contributed by atoms with Crippen molar-refractivity contribution in [3.05, 3.63) is 28.7 Å². The van der Waals surface area contributed by atoms with Gasteiger partial charge in [-0.15, -0.1) is 0 Å². The standard InChI is InChI=1S/C11H12BrN3O2/c1-2-7(16)6-9-14-11(15-17-9)10-8(12)4-3-5-13-10/h3-5,7,16H,2,6H2,1H3. The molecule has 0 radical (unpaired) electrons. The number of hydrogen-bond donors (Lipinski definition) is 1. The first-order valence-electron chi connectivity index (χ1n) is 5.32. The SMILES string of the molecule is CCC(O)Cc1nc(-c2ncccc2Br)no1. The summed E-state index contributed by atoms with van der Waals surface area (Å²) in [5.74, 6) is 0.850. The highest BCUT2D eigenvalue weighted by atomic mass is 79.9. The molecule has 0 aromatic carbocycles. The summed E-state index contributed by atoms with van der Waals surface area (Å²) < 4.78 is 5.87. The van der Waals surface area contributed by atoms with Gasteiger partial charge in [0.1, 0.15) is 5.69 Å². The summed E-state index contributed by atoms with van der Waals surface area (Å²) in [7, 11) is 0. The van der Waals surface area contributed by atoms with Crippen molar-refractivity contribution in [1.29, 1.82) is 0 Å². The lowest BCUT2D eigenvalue weighted by atomic mass is 10.2. The van der Waals surface area contributed by atoms with Crippen LogP contribution in [0.4, 0.5) is 0 Å². The lowest BCUT2D eigenvalue weighted by molar-refractivity contribution is 0.158. The molecule has 0 amide bonds. The van der Waals surface area contributed by atoms with E-state index < -0.39 is 6.10 Å². The number of halogens is 1. The van der Waals surface area contributed by atoms with Crippen molar-refractivity contribution in [2.75, 3.05) is 0 Å². The number of hydrogen-bond acceptors (Lipinski definition) is 5. The molecule has 0 aliphatic heterocycles. The highest BCUT2D eigenvalue weighted by Gasteiger charge is 2.14. The molecule has 0 saturated heterocycles. The van der Waals surface area contributed by atoms with E-state index in [1.807, 2.05) is 19.1 Å². The van der Waals surface area contributed by atoms with E-state index in [2.05, 4.69) is 31.1 Å². The van der Waals surface area contributed by atoms with E-state index in [0.717, 1.165) is 4.47 Å². The minimum Gasteiger partial charge on any atom is -0.393 e. The van der Waals surface area contributed by atoms with E-state index in [9.17, 15) is 5.11 Å². The van der Waals surface area contributed by atoms with Crippen LogP contribution in [-0.4, -0.2) is 26.3 Å². The third-order valence-electron chi connectivity index (χ3n) is 2.32. The molecule has 2 aromatic rings. The number of aromatic nitrogens is 3. The third-order valence-corrected chi connectivity index (χ3v) is 2.96. The third kappa shape index (κ3) is 2.89. The van der Waals surface area contributed by atoms with Gasteiger partial charge in [0.2, 0.25) is 11.7 Å². The molecule has 0 fully saturated rings. The maximum Gasteiger partial charge on any atom is 0.229 e. The van der Waals surface area contributed by atoms with Gasteiger partial charge in [-0.25, -0.2) is 0 Å². The molecular weight excluding hydrogens is 286 g/mol. The summed E-state index contributed by atoms with van der Waals surface area (Å²) >= 11 is 3.37. The van der Waals surface area contributed by atoms with Gasteiger partial charge in [-0.2, -0.15) is 4.98 Å². The van der Waals surface area contributed by atoms with Gasteiger partial charge in [-0.05, 0) is 34.5 Å². The summed E-state index contributed by atoms with van der Waals surface area (Å²) in [6.45, 7) is 1.90. The Labute approximate surface area is 107 Å². The predicted molar refractivity (Wildman–Crippen MR) is 65.2 cm³/mol. The lowest BCUT2D eigenvalue weighted by Gasteiger charge is -2.01. The van der Waals surface area contributed by atoms with Gasteiger partial charge in [-0.3, -0.25) is 4.98 Å². The number of aliphatic hydroxyl groups excluding tert-OH is 1. The molecule has 5 nitrogen and oxygen atoms in total. The van der Waals surface area contributed by atoms with Crippen molar-refractivity contribution in [2.24, 2.45) is 0 Å². The summed E-state index contributed by atoms with van der Waals surface area (Å²) in [5, 5.41) is 13.3. The topological polar surface area (TPSA) is 72.0 Å². The van der Waals surface area contributed by atoms with Crippen LogP contribution in [-0.2, 0) is 6.42 Å². The zero-order valence-corrected chi connectivity index (χ0v) is 10.9. The van der Waals surface area contributed by atoms with Gasteiger partial charge in [0.05, 0.1) is 12.5 Å². The zero-order valence-electron chi connectivity index (χ0n) is 9.30. The quantitative estimate of drug-likeness (QED) is 0.937. The summed E-state index contributed by atoms with van der Waals surface area (Å²) in [4.78, 5) is 8.37. The summed E-state index contributed by atoms with van der Waals surface area (Å²) in [6, 6.07) is 3.68. The Balaban J connectivity index is 2.21. The Morgan fingerprint density at radius 2 is 2.35 bits per heavy atom. The average Bonchev–Trinajstić information content (AvgIpc) is 2.78. The van der Waals surface area contributed by atoms with E-state index >= 15 is 0 Å². The van der Waals surface area contributed by atoms with Crippen molar-refractivity contribution in [3.8, 4) is 11.5 Å². The van der Waals surface area contributed by atoms with Gasteiger partial charge in [-0.1, -0.05) is 12.1 Å². The van der Waals surface area contributed by atoms with E-state index in [0.29, 0.717) is 30.3 Å². The number of aliphatic hydroxyl groups is 1. The van der Waals surface area contributed by atoms with Crippen molar-refractivity contribution in [3.63, 3.8) is 0 Å². The van der Waals surface area contributed by atoms with Gasteiger partial charge in [0, 0.05) is 10.7 Å². The fourth-order valence-corrected chi connectivity index (χ4v) is 1.76. The van der Waals surface area contributed by atoms with Crippen LogP contribution < -0.4 is 0 Å². The molecular formula is C11H12BrN3O2. The largest absolute Gasteiger partial charge is 0.393 e. The van der Waals surface area contributed by atoms with Gasteiger partial charge in [0.15, 0.2) is 0 Å². The second kappa shape index (κ2) is 5.37. The lowest BCUT2D eigenvalue weighted by Crippen LogP contribution is -2.08. The van der Waals surface area contributed by atoms with Crippen LogP contribution in [0.5, 0.6) is 0 Å². The Morgan fingerprint density at radius 1 is 1.53 bits per heavy atom. The first-order valence-corrected chi connectivity index (χ1v) is 6.11. The molecule has 1 N–H and O–H groups in total. The van der Waals surface area contributed by atoms with Crippen LogP contribution in [0.25, 0.3) is 11.5 Å². The number of nitrogens with zero attached hydrogens (tertiary/aromatic N) is 3. The van der Waals surface area contributed by atoms with Crippen molar-refractivity contribution in [1.82, 2.24) is 15.1 Å². The summed E-state index contributed by atoms with van der Waals surface area (Å²) in [5.41, 5.74) is 0.633. The fourth-order valence-electron chi connectivity index (χ4n) is 1.33. The zero-order chi connectivity index (χ0) is 12.3. The molecule has 0 bridgehead atoms. The minimum absolute atomic E-state index is 0.369. The fraction of sp³-hybridized carbons (Fsp3) is 0.364. The van der Waals surface area contributed by atoms with Crippen LogP contribution in [0.2, 0.25) is 0 Å². The van der Waals surface area contributed by atoms with Gasteiger partial charge in [0.25, 0.3) is 0 Å². The molecule has 2 aromatic heterocycles. The van der Waals surface area contributed by atoms with Crippen molar-refractivity contribution >= 4 is 15.9 Å². The van der Waals surface area contributed by atoms with Gasteiger partial charge >= 0.3 is 0 Å². The van der Waals surface area contributed by atoms with Crippen molar-refractivity contribution < 1.29 is 9.63 Å². The Morgan fingerprint density at radius 3 is 3.06 bits per heavy atom. The second-order valence-electron chi connectivity index (χ2n) is 3.61. The highest BCUT2D eigenvalue weighted by molar-refractivity contribution is 9.10. The minimum atomic E-state index is -0.449. The predicted octanol–water partition coefficient (Wildman–Crippen LogP) is 2.21. The average molecular weight is 298 g/mol. The maximum atomic E-state index is 9.49. The maximum absolute atomic E-state index is 9.49. The Kier molecular flexibility index (Phi) is 3.86. The molecule has 0 aliphatic rings. The van der Waals surface area contributed by atoms with Gasteiger partial charge < -0.3 is 9.63 Å². The molecule has 1 atom stereocenters. The molecule has 0 aliphatic carbocycles. The molecule has 6 heteroatoms. The van der Waals surface area contributed by atoms with E-state index in [1.54, 1.807) is 6.20 Å². The number of pyridine rings is 1. The highest BCUT2D eigenvalue weighted by Crippen LogP contribution is 2.23. The van der Waals surface area contributed by atoms with Crippen molar-refractivity contribution in [2.45, 2.75) is 25.9 Å². The normalized spacial score (nSPS) is 12.6. The van der Waals surface area contributed by atoms with Crippen LogP contribution in [0, 0.1) is 0 Å². The number of rotatable bonds is 4. The molecule has 2 heterocycles. The Bertz CT molecular complexity index is 501. The first kappa shape index (κ1) is 12.2. The monoisotopic (exact) mass is 297 g/mol. The smallest absolute Gasteiger partial charge is 0.229 e. The molecule has 0 saturated carbocycles. The summed E-state index contributed by atoms with van der Waals surface area (Å²) in [6.07, 6.45) is 2.24. The second-order valence-corrected chi connectivity index (χ2v) is 4.47. The molecule has 0 spiro atoms. The molecule has 1 unspecified atom stereocenters. The van der Waals surface area contributed by atoms with Crippen LogP contribution >= 0.6 is 15.9 Å².